The largest absolute Gasteiger partial charge is 0.478 e. The van der Waals surface area contributed by atoms with E-state index in [0.717, 1.165) is 25.3 Å². The van der Waals surface area contributed by atoms with Gasteiger partial charge in [-0.2, -0.15) is 0 Å². The summed E-state index contributed by atoms with van der Waals surface area (Å²) in [6.07, 6.45) is 24.9. The predicted octanol–water partition coefficient (Wildman–Crippen LogP) is 6.68. The Labute approximate surface area is 150 Å². The lowest BCUT2D eigenvalue weighted by molar-refractivity contribution is 0.273. The van der Waals surface area contributed by atoms with E-state index < -0.39 is 0 Å². The number of hydrogen-bond acceptors (Lipinski definition) is 2. The molecule has 0 unspecified atom stereocenters. The number of nitrogens with zero attached hydrogens (tertiary/aromatic N) is 1. The Morgan fingerprint density at radius 3 is 1.71 bits per heavy atom. The topological polar surface area (TPSA) is 21.6 Å². The zero-order chi connectivity index (χ0) is 17.5. The van der Waals surface area contributed by atoms with Gasteiger partial charge in [-0.05, 0) is 26.7 Å². The van der Waals surface area contributed by atoms with Crippen LogP contribution in [0.3, 0.4) is 0 Å². The highest BCUT2D eigenvalue weighted by atomic mass is 16.5. The molecule has 0 saturated carbocycles. The highest BCUT2D eigenvalue weighted by Gasteiger charge is 2.25. The van der Waals surface area contributed by atoms with Crippen LogP contribution in [-0.2, 0) is 4.74 Å². The van der Waals surface area contributed by atoms with Crippen molar-refractivity contribution in [2.75, 3.05) is 6.61 Å². The van der Waals surface area contributed by atoms with Gasteiger partial charge >= 0.3 is 0 Å². The van der Waals surface area contributed by atoms with Crippen LogP contribution >= 0.6 is 0 Å². The summed E-state index contributed by atoms with van der Waals surface area (Å²) in [7, 11) is 0. The molecule has 0 aromatic heterocycles. The van der Waals surface area contributed by atoms with Crippen molar-refractivity contribution in [3.8, 4) is 12.3 Å². The second kappa shape index (κ2) is 13.3. The standard InChI is InChI=1S/C22H39NO/c1-4-5-6-7-8-9-10-11-12-13-14-15-16-17-18-19-21-23-22(2,3)20-24-21/h1H,5-20H2,2-3H3. The van der Waals surface area contributed by atoms with E-state index in [2.05, 4.69) is 24.8 Å². The van der Waals surface area contributed by atoms with Crippen molar-refractivity contribution in [3.05, 3.63) is 0 Å². The van der Waals surface area contributed by atoms with E-state index in [4.69, 9.17) is 11.2 Å². The van der Waals surface area contributed by atoms with Crippen molar-refractivity contribution >= 4 is 5.90 Å². The van der Waals surface area contributed by atoms with Crippen LogP contribution < -0.4 is 0 Å². The van der Waals surface area contributed by atoms with E-state index in [1.54, 1.807) is 0 Å². The smallest absolute Gasteiger partial charge is 0.183 e. The number of aliphatic imine (C=N–C) groups is 1. The third-order valence-corrected chi connectivity index (χ3v) is 4.73. The van der Waals surface area contributed by atoms with Crippen LogP contribution in [0.5, 0.6) is 0 Å². The first-order valence-corrected chi connectivity index (χ1v) is 10.3. The van der Waals surface area contributed by atoms with Crippen LogP contribution in [0.1, 0.15) is 110 Å². The van der Waals surface area contributed by atoms with Gasteiger partial charge in [0.25, 0.3) is 0 Å². The monoisotopic (exact) mass is 333 g/mol. The Kier molecular flexibility index (Phi) is 11.7. The first-order chi connectivity index (χ1) is 11.6. The molecule has 0 atom stereocenters. The van der Waals surface area contributed by atoms with E-state index in [0.29, 0.717) is 0 Å². The molecule has 0 fully saturated rings. The number of rotatable bonds is 15. The average molecular weight is 334 g/mol. The van der Waals surface area contributed by atoms with Crippen molar-refractivity contribution in [2.45, 2.75) is 116 Å². The maximum atomic E-state index is 5.63. The Hall–Kier alpha value is -0.970. The summed E-state index contributed by atoms with van der Waals surface area (Å²) in [6.45, 7) is 5.03. The van der Waals surface area contributed by atoms with Crippen molar-refractivity contribution < 1.29 is 4.74 Å². The molecule has 0 N–H and O–H groups in total. The first-order valence-electron chi connectivity index (χ1n) is 10.3. The fourth-order valence-electron chi connectivity index (χ4n) is 3.24. The van der Waals surface area contributed by atoms with Crippen LogP contribution in [0.15, 0.2) is 4.99 Å². The Morgan fingerprint density at radius 1 is 0.833 bits per heavy atom. The quantitative estimate of drug-likeness (QED) is 0.242. The molecule has 1 heterocycles. The van der Waals surface area contributed by atoms with Gasteiger partial charge in [0.15, 0.2) is 5.90 Å². The van der Waals surface area contributed by atoms with Gasteiger partial charge in [0.05, 0.1) is 5.54 Å². The maximum Gasteiger partial charge on any atom is 0.183 e. The molecule has 0 bridgehead atoms. The van der Waals surface area contributed by atoms with Crippen LogP contribution in [0.4, 0.5) is 0 Å². The van der Waals surface area contributed by atoms with Gasteiger partial charge in [-0.15, -0.1) is 12.3 Å². The molecule has 0 saturated heterocycles. The minimum atomic E-state index is 0.0109. The molecule has 1 aliphatic rings. The second-order valence-electron chi connectivity index (χ2n) is 7.91. The third kappa shape index (κ3) is 11.5. The SMILES string of the molecule is C#CCCCCCCCCCCCCCCCC1=NC(C)(C)CO1. The summed E-state index contributed by atoms with van der Waals surface area (Å²) >= 11 is 0. The van der Waals surface area contributed by atoms with Gasteiger partial charge in [-0.3, -0.25) is 0 Å². The van der Waals surface area contributed by atoms with E-state index in [1.165, 1.54) is 83.5 Å². The highest BCUT2D eigenvalue weighted by molar-refractivity contribution is 5.78. The molecule has 0 aliphatic carbocycles. The first kappa shape index (κ1) is 21.1. The van der Waals surface area contributed by atoms with Crippen LogP contribution in [0.2, 0.25) is 0 Å². The van der Waals surface area contributed by atoms with Crippen molar-refractivity contribution in [3.63, 3.8) is 0 Å². The third-order valence-electron chi connectivity index (χ3n) is 4.73. The maximum absolute atomic E-state index is 5.63. The summed E-state index contributed by atoms with van der Waals surface area (Å²) in [4.78, 5) is 4.61. The Morgan fingerprint density at radius 2 is 1.29 bits per heavy atom. The fourth-order valence-corrected chi connectivity index (χ4v) is 3.24. The molecular formula is C22H39NO. The number of terminal acetylenes is 1. The number of unbranched alkanes of at least 4 members (excludes halogenated alkanes) is 13. The lowest BCUT2D eigenvalue weighted by atomic mass is 10.0. The fraction of sp³-hybridized carbons (Fsp3) is 0.864. The summed E-state index contributed by atoms with van der Waals surface area (Å²) in [5.41, 5.74) is 0.0109. The molecule has 138 valence electrons. The number of hydrogen-bond donors (Lipinski definition) is 0. The summed E-state index contributed by atoms with van der Waals surface area (Å²) in [5, 5.41) is 0. The van der Waals surface area contributed by atoms with E-state index >= 15 is 0 Å². The van der Waals surface area contributed by atoms with E-state index in [-0.39, 0.29) is 5.54 Å². The average Bonchev–Trinajstić information content (AvgIpc) is 2.90. The summed E-state index contributed by atoms with van der Waals surface area (Å²) in [5.74, 6) is 3.70. The second-order valence-corrected chi connectivity index (χ2v) is 7.91. The minimum absolute atomic E-state index is 0.0109. The predicted molar refractivity (Wildman–Crippen MR) is 106 cm³/mol. The lowest BCUT2D eigenvalue weighted by Gasteiger charge is -2.07. The van der Waals surface area contributed by atoms with Gasteiger partial charge in [0.1, 0.15) is 6.61 Å². The van der Waals surface area contributed by atoms with Gasteiger partial charge < -0.3 is 4.74 Å². The van der Waals surface area contributed by atoms with Crippen molar-refractivity contribution in [1.82, 2.24) is 0 Å². The van der Waals surface area contributed by atoms with Gasteiger partial charge in [-0.25, -0.2) is 4.99 Å². The Bertz CT molecular complexity index is 378. The summed E-state index contributed by atoms with van der Waals surface area (Å²) < 4.78 is 5.63. The lowest BCUT2D eigenvalue weighted by Crippen LogP contribution is -2.17. The summed E-state index contributed by atoms with van der Waals surface area (Å²) in [6, 6.07) is 0. The Balaban J connectivity index is 1.75. The molecule has 0 radical (unpaired) electrons. The molecule has 0 spiro atoms. The van der Waals surface area contributed by atoms with Gasteiger partial charge in [0.2, 0.25) is 0 Å². The number of ether oxygens (including phenoxy) is 1. The van der Waals surface area contributed by atoms with Crippen LogP contribution in [0, 0.1) is 12.3 Å². The zero-order valence-corrected chi connectivity index (χ0v) is 16.2. The van der Waals surface area contributed by atoms with Crippen molar-refractivity contribution in [1.29, 1.82) is 0 Å². The molecule has 24 heavy (non-hydrogen) atoms. The van der Waals surface area contributed by atoms with Crippen LogP contribution in [0.25, 0.3) is 0 Å². The normalized spacial score (nSPS) is 15.8. The van der Waals surface area contributed by atoms with Crippen LogP contribution in [-0.4, -0.2) is 18.0 Å². The highest BCUT2D eigenvalue weighted by Crippen LogP contribution is 2.20. The van der Waals surface area contributed by atoms with Gasteiger partial charge in [-0.1, -0.05) is 70.6 Å². The molecule has 2 nitrogen and oxygen atoms in total. The minimum Gasteiger partial charge on any atom is -0.478 e. The molecule has 0 aromatic rings. The molecule has 2 heteroatoms. The van der Waals surface area contributed by atoms with Gasteiger partial charge in [0, 0.05) is 12.8 Å². The zero-order valence-electron chi connectivity index (χ0n) is 16.2. The molecule has 1 aliphatic heterocycles. The molecular weight excluding hydrogens is 294 g/mol. The molecule has 0 amide bonds. The van der Waals surface area contributed by atoms with E-state index in [1.807, 2.05) is 0 Å². The molecule has 1 rings (SSSR count). The van der Waals surface area contributed by atoms with Crippen molar-refractivity contribution in [2.24, 2.45) is 4.99 Å². The van der Waals surface area contributed by atoms with E-state index in [9.17, 15) is 0 Å². The molecule has 0 aromatic carbocycles.